The average molecular weight is 406 g/mol. The Labute approximate surface area is 175 Å². The fourth-order valence-corrected chi connectivity index (χ4v) is 4.37. The van der Waals surface area contributed by atoms with Crippen LogP contribution in [-0.2, 0) is 31.0 Å². The minimum Gasteiger partial charge on any atom is -0.372 e. The summed E-state index contributed by atoms with van der Waals surface area (Å²) in [5.74, 6) is 1.54. The third kappa shape index (κ3) is 4.06. The van der Waals surface area contributed by atoms with E-state index < -0.39 is 0 Å². The summed E-state index contributed by atoms with van der Waals surface area (Å²) in [6, 6.07) is 5.36. The van der Waals surface area contributed by atoms with E-state index in [-0.39, 0.29) is 5.56 Å². The molecule has 0 amide bonds. The number of ether oxygens (including phenoxy) is 1. The summed E-state index contributed by atoms with van der Waals surface area (Å²) < 4.78 is 9.52. The Hall–Kier alpha value is -2.84. The molecule has 0 saturated carbocycles. The molecule has 0 radical (unpaired) electrons. The van der Waals surface area contributed by atoms with Gasteiger partial charge < -0.3 is 9.30 Å². The zero-order chi connectivity index (χ0) is 20.3. The molecule has 1 fully saturated rings. The summed E-state index contributed by atoms with van der Waals surface area (Å²) in [7, 11) is 0. The number of nitrogens with zero attached hydrogens (tertiary/aromatic N) is 6. The van der Waals surface area contributed by atoms with E-state index >= 15 is 0 Å². The number of hydrogen-bond donors (Lipinski definition) is 0. The molecule has 0 atom stereocenters. The predicted octanol–water partition coefficient (Wildman–Crippen LogP) is 1.94. The van der Waals surface area contributed by atoms with Crippen molar-refractivity contribution in [2.45, 2.75) is 39.1 Å². The smallest absolute Gasteiger partial charge is 0.253 e. The van der Waals surface area contributed by atoms with Crippen molar-refractivity contribution in [1.29, 1.82) is 0 Å². The quantitative estimate of drug-likeness (QED) is 0.644. The maximum Gasteiger partial charge on any atom is 0.253 e. The predicted molar refractivity (Wildman–Crippen MR) is 112 cm³/mol. The number of hydrogen-bond acceptors (Lipinski definition) is 6. The summed E-state index contributed by atoms with van der Waals surface area (Å²) in [5, 5.41) is 0. The summed E-state index contributed by atoms with van der Waals surface area (Å²) >= 11 is 0. The van der Waals surface area contributed by atoms with Crippen LogP contribution in [0.5, 0.6) is 0 Å². The Balaban J connectivity index is 1.18. The van der Waals surface area contributed by atoms with Gasteiger partial charge in [0.1, 0.15) is 12.4 Å². The van der Waals surface area contributed by atoms with Crippen molar-refractivity contribution in [3.63, 3.8) is 0 Å². The lowest BCUT2D eigenvalue weighted by atomic mass is 9.96. The molecule has 2 aliphatic rings. The van der Waals surface area contributed by atoms with E-state index in [0.29, 0.717) is 18.2 Å². The van der Waals surface area contributed by atoms with Crippen LogP contribution in [0.2, 0.25) is 0 Å². The summed E-state index contributed by atoms with van der Waals surface area (Å²) in [4.78, 5) is 28.1. The van der Waals surface area contributed by atoms with Crippen LogP contribution < -0.4 is 5.56 Å². The Bertz CT molecular complexity index is 1050. The number of likely N-dealkylation sites (tertiary alicyclic amines) is 1. The van der Waals surface area contributed by atoms with E-state index in [4.69, 9.17) is 4.74 Å². The molecule has 5 heterocycles. The van der Waals surface area contributed by atoms with Crippen LogP contribution in [0.3, 0.4) is 0 Å². The summed E-state index contributed by atoms with van der Waals surface area (Å²) in [6.07, 6.45) is 9.27. The Morgan fingerprint density at radius 3 is 2.73 bits per heavy atom. The topological polar surface area (TPSA) is 78.1 Å². The van der Waals surface area contributed by atoms with Crippen molar-refractivity contribution in [3.8, 4) is 11.3 Å². The molecule has 156 valence electrons. The Morgan fingerprint density at radius 2 is 1.93 bits per heavy atom. The van der Waals surface area contributed by atoms with Gasteiger partial charge in [-0.15, -0.1) is 0 Å². The molecule has 30 heavy (non-hydrogen) atoms. The Morgan fingerprint density at radius 1 is 1.10 bits per heavy atom. The molecule has 0 spiro atoms. The molecular formula is C22H26N6O2. The number of imidazole rings is 1. The van der Waals surface area contributed by atoms with E-state index in [9.17, 15) is 4.79 Å². The average Bonchev–Trinajstić information content (AvgIpc) is 3.20. The van der Waals surface area contributed by atoms with Crippen LogP contribution in [0.4, 0.5) is 0 Å². The normalized spacial score (nSPS) is 17.7. The maximum atomic E-state index is 12.6. The molecule has 8 heteroatoms. The molecule has 5 rings (SSSR count). The molecule has 0 aliphatic carbocycles. The zero-order valence-electron chi connectivity index (χ0n) is 17.0. The third-order valence-electron chi connectivity index (χ3n) is 6.11. The van der Waals surface area contributed by atoms with Gasteiger partial charge >= 0.3 is 0 Å². The van der Waals surface area contributed by atoms with Crippen molar-refractivity contribution >= 4 is 0 Å². The molecule has 0 unspecified atom stereocenters. The Kier molecular flexibility index (Phi) is 5.42. The first-order chi connectivity index (χ1) is 14.8. The van der Waals surface area contributed by atoms with Crippen molar-refractivity contribution < 1.29 is 4.74 Å². The second kappa shape index (κ2) is 8.49. The van der Waals surface area contributed by atoms with Crippen molar-refractivity contribution in [2.75, 3.05) is 19.7 Å². The first-order valence-electron chi connectivity index (χ1n) is 10.6. The highest BCUT2D eigenvalue weighted by molar-refractivity contribution is 5.57. The van der Waals surface area contributed by atoms with E-state index in [0.717, 1.165) is 63.6 Å². The minimum absolute atomic E-state index is 0.00680. The molecule has 0 aromatic carbocycles. The van der Waals surface area contributed by atoms with Gasteiger partial charge in [-0.25, -0.2) is 9.97 Å². The van der Waals surface area contributed by atoms with Gasteiger partial charge in [0, 0.05) is 49.9 Å². The van der Waals surface area contributed by atoms with Gasteiger partial charge in [-0.2, -0.15) is 0 Å². The first kappa shape index (κ1) is 19.1. The van der Waals surface area contributed by atoms with Crippen molar-refractivity contribution in [1.82, 2.24) is 29.0 Å². The van der Waals surface area contributed by atoms with Gasteiger partial charge in [0.25, 0.3) is 5.56 Å². The first-order valence-corrected chi connectivity index (χ1v) is 10.6. The lowest BCUT2D eigenvalue weighted by Crippen LogP contribution is -2.36. The molecule has 1 saturated heterocycles. The van der Waals surface area contributed by atoms with E-state index in [1.165, 1.54) is 5.69 Å². The van der Waals surface area contributed by atoms with Gasteiger partial charge in [-0.3, -0.25) is 19.2 Å². The number of rotatable bonds is 5. The standard InChI is InChI=1S/C22H26N6O2/c29-22-11-20(18-1-5-23-6-2-18)25-16-27(22)13-17-3-7-26(8-4-17)14-19-12-24-21-15-30-10-9-28(19)21/h1-2,5-6,11-12,16-17H,3-4,7-10,13-15H2. The third-order valence-corrected chi connectivity index (χ3v) is 6.11. The van der Waals surface area contributed by atoms with Crippen LogP contribution in [0.15, 0.2) is 47.9 Å². The molecular weight excluding hydrogens is 380 g/mol. The zero-order valence-corrected chi connectivity index (χ0v) is 17.0. The molecule has 8 nitrogen and oxygen atoms in total. The number of piperidine rings is 1. The number of aromatic nitrogens is 5. The van der Waals surface area contributed by atoms with Gasteiger partial charge in [0.05, 0.1) is 24.3 Å². The highest BCUT2D eigenvalue weighted by atomic mass is 16.5. The maximum absolute atomic E-state index is 12.6. The largest absolute Gasteiger partial charge is 0.372 e. The fourth-order valence-electron chi connectivity index (χ4n) is 4.37. The molecule has 0 N–H and O–H groups in total. The second-order valence-corrected chi connectivity index (χ2v) is 8.09. The van der Waals surface area contributed by atoms with Crippen LogP contribution in [0.1, 0.15) is 24.4 Å². The molecule has 0 bridgehead atoms. The van der Waals surface area contributed by atoms with Crippen LogP contribution >= 0.6 is 0 Å². The number of fused-ring (bicyclic) bond motifs is 1. The molecule has 2 aliphatic heterocycles. The highest BCUT2D eigenvalue weighted by Gasteiger charge is 2.22. The lowest BCUT2D eigenvalue weighted by molar-refractivity contribution is 0.0788. The number of pyridine rings is 1. The lowest BCUT2D eigenvalue weighted by Gasteiger charge is -2.32. The van der Waals surface area contributed by atoms with E-state index in [1.54, 1.807) is 29.4 Å². The molecule has 3 aromatic heterocycles. The fraction of sp³-hybridized carbons (Fsp3) is 0.455. The van der Waals surface area contributed by atoms with Gasteiger partial charge in [-0.1, -0.05) is 0 Å². The van der Waals surface area contributed by atoms with Crippen LogP contribution in [0, 0.1) is 5.92 Å². The van der Waals surface area contributed by atoms with Gasteiger partial charge in [0.2, 0.25) is 0 Å². The summed E-state index contributed by atoms with van der Waals surface area (Å²) in [6.45, 7) is 6.02. The molecule has 3 aromatic rings. The van der Waals surface area contributed by atoms with Crippen LogP contribution in [-0.4, -0.2) is 48.7 Å². The second-order valence-electron chi connectivity index (χ2n) is 8.09. The van der Waals surface area contributed by atoms with Crippen LogP contribution in [0.25, 0.3) is 11.3 Å². The monoisotopic (exact) mass is 406 g/mol. The van der Waals surface area contributed by atoms with Gasteiger partial charge in [0.15, 0.2) is 0 Å². The van der Waals surface area contributed by atoms with E-state index in [2.05, 4.69) is 24.4 Å². The van der Waals surface area contributed by atoms with E-state index in [1.807, 2.05) is 18.3 Å². The minimum atomic E-state index is 0.00680. The highest BCUT2D eigenvalue weighted by Crippen LogP contribution is 2.22. The van der Waals surface area contributed by atoms with Gasteiger partial charge in [-0.05, 0) is 44.0 Å². The van der Waals surface area contributed by atoms with Crippen molar-refractivity contribution in [2.24, 2.45) is 5.92 Å². The summed E-state index contributed by atoms with van der Waals surface area (Å²) in [5.41, 5.74) is 2.89. The SMILES string of the molecule is O=c1cc(-c2ccncc2)ncn1CC1CCN(Cc2cnc3n2CCOC3)CC1. The van der Waals surface area contributed by atoms with Crippen molar-refractivity contribution in [3.05, 3.63) is 65.0 Å².